The molecule has 2 aromatic rings. The Balaban J connectivity index is 0.00000288. The summed E-state index contributed by atoms with van der Waals surface area (Å²) >= 11 is 0. The summed E-state index contributed by atoms with van der Waals surface area (Å²) in [4.78, 5) is 12.1. The molecule has 4 nitrogen and oxygen atoms in total. The van der Waals surface area contributed by atoms with Crippen molar-refractivity contribution in [1.82, 2.24) is 5.32 Å². The fourth-order valence-corrected chi connectivity index (χ4v) is 2.21. The van der Waals surface area contributed by atoms with Gasteiger partial charge < -0.3 is 15.8 Å². The maximum Gasteiger partial charge on any atom is 0.251 e. The molecule has 2 rings (SSSR count). The molecule has 0 aliphatic carbocycles. The second kappa shape index (κ2) is 9.96. The predicted octanol–water partition coefficient (Wildman–Crippen LogP) is 3.46. The van der Waals surface area contributed by atoms with Crippen LogP contribution >= 0.6 is 12.4 Å². The van der Waals surface area contributed by atoms with Gasteiger partial charge >= 0.3 is 0 Å². The largest absolute Gasteiger partial charge is 0.489 e. The van der Waals surface area contributed by atoms with Crippen LogP contribution in [-0.2, 0) is 6.61 Å². The number of hydrogen-bond acceptors (Lipinski definition) is 3. The lowest BCUT2D eigenvalue weighted by molar-refractivity contribution is 0.0952. The highest BCUT2D eigenvalue weighted by atomic mass is 35.5. The number of benzene rings is 2. The number of rotatable bonds is 7. The first kappa shape index (κ1) is 20.0. The van der Waals surface area contributed by atoms with Gasteiger partial charge in [-0.3, -0.25) is 4.79 Å². The lowest BCUT2D eigenvalue weighted by atomic mass is 10.1. The van der Waals surface area contributed by atoms with Gasteiger partial charge in [-0.25, -0.2) is 0 Å². The summed E-state index contributed by atoms with van der Waals surface area (Å²) in [6, 6.07) is 15.5. The Hall–Kier alpha value is -2.04. The van der Waals surface area contributed by atoms with Crippen molar-refractivity contribution in [3.63, 3.8) is 0 Å². The lowest BCUT2D eigenvalue weighted by Crippen LogP contribution is -2.28. The van der Waals surface area contributed by atoms with Crippen LogP contribution in [0.3, 0.4) is 0 Å². The minimum atomic E-state index is -0.105. The van der Waals surface area contributed by atoms with Crippen LogP contribution in [0.1, 0.15) is 34.8 Å². The van der Waals surface area contributed by atoms with Crippen LogP contribution in [0.25, 0.3) is 0 Å². The molecule has 1 atom stereocenters. The monoisotopic (exact) mass is 348 g/mol. The first-order valence-electron chi connectivity index (χ1n) is 7.87. The van der Waals surface area contributed by atoms with Gasteiger partial charge in [0.2, 0.25) is 0 Å². The Kier molecular flexibility index (Phi) is 8.30. The van der Waals surface area contributed by atoms with Crippen molar-refractivity contribution in [3.05, 3.63) is 65.2 Å². The van der Waals surface area contributed by atoms with Gasteiger partial charge in [-0.05, 0) is 44.0 Å². The van der Waals surface area contributed by atoms with E-state index >= 15 is 0 Å². The topological polar surface area (TPSA) is 64.3 Å². The minimum absolute atomic E-state index is 0. The first-order valence-corrected chi connectivity index (χ1v) is 7.87. The Morgan fingerprint density at radius 2 is 1.96 bits per heavy atom. The summed E-state index contributed by atoms with van der Waals surface area (Å²) in [5.41, 5.74) is 8.58. The Labute approximate surface area is 149 Å². The fraction of sp³-hybridized carbons (Fsp3) is 0.316. The third-order valence-electron chi connectivity index (χ3n) is 3.47. The standard InChI is InChI=1S/C19H24N2O2.ClH/c1-14-5-3-6-16(11-14)13-23-18-8-4-7-17(12-18)19(22)21-10-9-15(2)20;/h3-8,11-12,15H,9-10,13,20H2,1-2H3,(H,21,22);1H. The number of ether oxygens (including phenoxy) is 1. The zero-order valence-electron chi connectivity index (χ0n) is 14.1. The molecule has 0 aliphatic rings. The molecular formula is C19H25ClN2O2. The average Bonchev–Trinajstić information content (AvgIpc) is 2.53. The molecule has 3 N–H and O–H groups in total. The van der Waals surface area contributed by atoms with Crippen LogP contribution in [0.4, 0.5) is 0 Å². The van der Waals surface area contributed by atoms with Gasteiger partial charge in [0.25, 0.3) is 5.91 Å². The molecule has 5 heteroatoms. The summed E-state index contributed by atoms with van der Waals surface area (Å²) in [5.74, 6) is 0.581. The third-order valence-corrected chi connectivity index (χ3v) is 3.47. The van der Waals surface area contributed by atoms with Crippen LogP contribution in [0.5, 0.6) is 5.75 Å². The number of nitrogens with one attached hydrogen (secondary N) is 1. The van der Waals surface area contributed by atoms with E-state index in [1.807, 2.05) is 31.2 Å². The highest BCUT2D eigenvalue weighted by Crippen LogP contribution is 2.15. The van der Waals surface area contributed by atoms with E-state index in [1.54, 1.807) is 12.1 Å². The molecule has 0 aromatic heterocycles. The molecule has 0 fully saturated rings. The van der Waals surface area contributed by atoms with Gasteiger partial charge in [0.05, 0.1) is 0 Å². The number of amides is 1. The Morgan fingerprint density at radius 3 is 2.67 bits per heavy atom. The van der Waals surface area contributed by atoms with Gasteiger partial charge in [-0.1, -0.05) is 35.9 Å². The molecule has 130 valence electrons. The van der Waals surface area contributed by atoms with Gasteiger partial charge in [0.15, 0.2) is 0 Å². The maximum atomic E-state index is 12.1. The summed E-state index contributed by atoms with van der Waals surface area (Å²) in [6.07, 6.45) is 0.759. The predicted molar refractivity (Wildman–Crippen MR) is 99.8 cm³/mol. The minimum Gasteiger partial charge on any atom is -0.489 e. The van der Waals surface area contributed by atoms with E-state index in [0.29, 0.717) is 24.5 Å². The normalized spacial score (nSPS) is 11.3. The van der Waals surface area contributed by atoms with E-state index in [1.165, 1.54) is 5.56 Å². The van der Waals surface area contributed by atoms with Gasteiger partial charge in [0.1, 0.15) is 12.4 Å². The van der Waals surface area contributed by atoms with Crippen molar-refractivity contribution < 1.29 is 9.53 Å². The van der Waals surface area contributed by atoms with Crippen molar-refractivity contribution in [1.29, 1.82) is 0 Å². The second-order valence-electron chi connectivity index (χ2n) is 5.83. The first-order chi connectivity index (χ1) is 11.0. The van der Waals surface area contributed by atoms with E-state index in [-0.39, 0.29) is 24.4 Å². The Morgan fingerprint density at radius 1 is 1.21 bits per heavy atom. The van der Waals surface area contributed by atoms with Crippen LogP contribution in [0.15, 0.2) is 48.5 Å². The van der Waals surface area contributed by atoms with Crippen LogP contribution in [-0.4, -0.2) is 18.5 Å². The van der Waals surface area contributed by atoms with Crippen molar-refractivity contribution in [2.45, 2.75) is 32.9 Å². The number of carbonyl (C=O) groups excluding carboxylic acids is 1. The van der Waals surface area contributed by atoms with Gasteiger partial charge in [-0.2, -0.15) is 0 Å². The number of aryl methyl sites for hydroxylation is 1. The molecule has 0 saturated carbocycles. The molecule has 0 spiro atoms. The van der Waals surface area contributed by atoms with E-state index < -0.39 is 0 Å². The molecule has 0 heterocycles. The van der Waals surface area contributed by atoms with E-state index in [4.69, 9.17) is 10.5 Å². The lowest BCUT2D eigenvalue weighted by Gasteiger charge is -2.10. The highest BCUT2D eigenvalue weighted by molar-refractivity contribution is 5.94. The number of nitrogens with two attached hydrogens (primary N) is 1. The van der Waals surface area contributed by atoms with Crippen LogP contribution in [0.2, 0.25) is 0 Å². The zero-order valence-corrected chi connectivity index (χ0v) is 14.9. The maximum absolute atomic E-state index is 12.1. The smallest absolute Gasteiger partial charge is 0.251 e. The van der Waals surface area contributed by atoms with Crippen molar-refractivity contribution in [2.24, 2.45) is 5.73 Å². The molecular weight excluding hydrogens is 324 g/mol. The number of carbonyl (C=O) groups is 1. The van der Waals surface area contributed by atoms with Gasteiger partial charge in [-0.15, -0.1) is 12.4 Å². The van der Waals surface area contributed by atoms with Crippen LogP contribution < -0.4 is 15.8 Å². The number of halogens is 1. The van der Waals surface area contributed by atoms with E-state index in [9.17, 15) is 4.79 Å². The van der Waals surface area contributed by atoms with E-state index in [0.717, 1.165) is 12.0 Å². The summed E-state index contributed by atoms with van der Waals surface area (Å²) < 4.78 is 5.78. The SMILES string of the molecule is Cc1cccc(COc2cccc(C(=O)NCCC(C)N)c2)c1.Cl. The Bertz CT molecular complexity index is 659. The molecule has 24 heavy (non-hydrogen) atoms. The molecule has 0 aliphatic heterocycles. The molecule has 2 aromatic carbocycles. The summed E-state index contributed by atoms with van der Waals surface area (Å²) in [6.45, 7) is 5.03. The molecule has 1 amide bonds. The third kappa shape index (κ3) is 6.60. The zero-order chi connectivity index (χ0) is 16.7. The summed E-state index contributed by atoms with van der Waals surface area (Å²) in [5, 5.41) is 2.86. The molecule has 1 unspecified atom stereocenters. The van der Waals surface area contributed by atoms with Crippen LogP contribution in [0, 0.1) is 6.92 Å². The van der Waals surface area contributed by atoms with E-state index in [2.05, 4.69) is 24.4 Å². The van der Waals surface area contributed by atoms with Crippen molar-refractivity contribution in [2.75, 3.05) is 6.54 Å². The second-order valence-corrected chi connectivity index (χ2v) is 5.83. The number of hydrogen-bond donors (Lipinski definition) is 2. The highest BCUT2D eigenvalue weighted by Gasteiger charge is 2.07. The summed E-state index contributed by atoms with van der Waals surface area (Å²) in [7, 11) is 0. The molecule has 0 radical (unpaired) electrons. The average molecular weight is 349 g/mol. The van der Waals surface area contributed by atoms with Crippen molar-refractivity contribution >= 4 is 18.3 Å². The van der Waals surface area contributed by atoms with Gasteiger partial charge in [0, 0.05) is 18.2 Å². The fourth-order valence-electron chi connectivity index (χ4n) is 2.21. The molecule has 0 saturated heterocycles. The quantitative estimate of drug-likeness (QED) is 0.805. The van der Waals surface area contributed by atoms with Crippen molar-refractivity contribution in [3.8, 4) is 5.75 Å². The molecule has 0 bridgehead atoms.